The van der Waals surface area contributed by atoms with Crippen LogP contribution in [0.2, 0.25) is 0 Å². The van der Waals surface area contributed by atoms with Gasteiger partial charge in [-0.25, -0.2) is 0 Å². The highest BCUT2D eigenvalue weighted by Crippen LogP contribution is 2.30. The molecule has 0 radical (unpaired) electrons. The van der Waals surface area contributed by atoms with E-state index in [0.29, 0.717) is 30.4 Å². The molecule has 1 amide bonds. The normalized spacial score (nSPS) is 25.0. The van der Waals surface area contributed by atoms with E-state index in [0.717, 1.165) is 31.7 Å². The van der Waals surface area contributed by atoms with Crippen molar-refractivity contribution < 1.29 is 14.3 Å². The van der Waals surface area contributed by atoms with Crippen LogP contribution >= 0.6 is 0 Å². The van der Waals surface area contributed by atoms with Gasteiger partial charge >= 0.3 is 0 Å². The Labute approximate surface area is 125 Å². The summed E-state index contributed by atoms with van der Waals surface area (Å²) in [6.45, 7) is 5.35. The maximum absolute atomic E-state index is 12.4. The summed E-state index contributed by atoms with van der Waals surface area (Å²) in [7, 11) is 0. The number of fused-ring (bicyclic) bond motifs is 1. The first-order chi connectivity index (χ1) is 10.2. The second-order valence-corrected chi connectivity index (χ2v) is 5.76. The average Bonchev–Trinajstić information content (AvgIpc) is 2.74. The molecule has 2 aliphatic heterocycles. The maximum Gasteiger partial charge on any atom is 0.251 e. The number of ether oxygens (including phenoxy) is 2. The standard InChI is InChI=1S/C16H22N2O3/c1-11-10-17-6-5-13(11)18-16(19)12-3-4-14-15(9-12)21-8-2-7-20-14/h3-4,9,11,13,17H,2,5-8,10H2,1H3,(H,18,19). The highest BCUT2D eigenvalue weighted by Gasteiger charge is 2.23. The smallest absolute Gasteiger partial charge is 0.251 e. The molecule has 2 unspecified atom stereocenters. The zero-order valence-corrected chi connectivity index (χ0v) is 12.4. The van der Waals surface area contributed by atoms with Gasteiger partial charge < -0.3 is 20.1 Å². The molecule has 2 heterocycles. The number of piperidine rings is 1. The van der Waals surface area contributed by atoms with Crippen molar-refractivity contribution in [3.63, 3.8) is 0 Å². The van der Waals surface area contributed by atoms with E-state index in [2.05, 4.69) is 17.6 Å². The van der Waals surface area contributed by atoms with Crippen molar-refractivity contribution in [1.82, 2.24) is 10.6 Å². The van der Waals surface area contributed by atoms with Crippen molar-refractivity contribution in [1.29, 1.82) is 0 Å². The minimum atomic E-state index is -0.0376. The largest absolute Gasteiger partial charge is 0.490 e. The molecular weight excluding hydrogens is 268 g/mol. The molecule has 1 saturated heterocycles. The number of amides is 1. The summed E-state index contributed by atoms with van der Waals surface area (Å²) in [5.41, 5.74) is 0.630. The topological polar surface area (TPSA) is 59.6 Å². The Morgan fingerprint density at radius 3 is 2.90 bits per heavy atom. The van der Waals surface area contributed by atoms with E-state index < -0.39 is 0 Å². The Balaban J connectivity index is 1.71. The van der Waals surface area contributed by atoms with Gasteiger partial charge in [0, 0.05) is 18.0 Å². The Morgan fingerprint density at radius 1 is 1.29 bits per heavy atom. The first kappa shape index (κ1) is 14.2. The molecule has 0 spiro atoms. The summed E-state index contributed by atoms with van der Waals surface area (Å²) in [5.74, 6) is 1.80. The second kappa shape index (κ2) is 6.35. The summed E-state index contributed by atoms with van der Waals surface area (Å²) in [6.07, 6.45) is 1.83. The van der Waals surface area contributed by atoms with Gasteiger partial charge in [-0.05, 0) is 43.6 Å². The van der Waals surface area contributed by atoms with Gasteiger partial charge in [0.05, 0.1) is 13.2 Å². The first-order valence-corrected chi connectivity index (χ1v) is 7.65. The lowest BCUT2D eigenvalue weighted by Gasteiger charge is -2.30. The summed E-state index contributed by atoms with van der Waals surface area (Å²) < 4.78 is 11.2. The third kappa shape index (κ3) is 3.29. The van der Waals surface area contributed by atoms with Gasteiger partial charge in [0.2, 0.25) is 0 Å². The number of hydrogen-bond acceptors (Lipinski definition) is 4. The Hall–Kier alpha value is -1.75. The van der Waals surface area contributed by atoms with Gasteiger partial charge in [0.15, 0.2) is 11.5 Å². The molecule has 0 saturated carbocycles. The predicted octanol–water partition coefficient (Wildman–Crippen LogP) is 1.58. The molecule has 2 aliphatic rings. The zero-order chi connectivity index (χ0) is 14.7. The average molecular weight is 290 g/mol. The van der Waals surface area contributed by atoms with Crippen molar-refractivity contribution >= 4 is 5.91 Å². The predicted molar refractivity (Wildman–Crippen MR) is 80.0 cm³/mol. The van der Waals surface area contributed by atoms with Crippen LogP contribution in [0.15, 0.2) is 18.2 Å². The number of carbonyl (C=O) groups is 1. The number of benzene rings is 1. The highest BCUT2D eigenvalue weighted by atomic mass is 16.5. The lowest BCUT2D eigenvalue weighted by atomic mass is 9.95. The molecule has 0 aromatic heterocycles. The fourth-order valence-corrected chi connectivity index (χ4v) is 2.78. The van der Waals surface area contributed by atoms with Crippen LogP contribution in [0.3, 0.4) is 0 Å². The van der Waals surface area contributed by atoms with Crippen LogP contribution < -0.4 is 20.1 Å². The fraction of sp³-hybridized carbons (Fsp3) is 0.562. The van der Waals surface area contributed by atoms with Crippen LogP contribution in [0, 0.1) is 5.92 Å². The molecule has 3 rings (SSSR count). The lowest BCUT2D eigenvalue weighted by molar-refractivity contribution is 0.0913. The number of carbonyl (C=O) groups excluding carboxylic acids is 1. The van der Waals surface area contributed by atoms with E-state index >= 15 is 0 Å². The van der Waals surface area contributed by atoms with E-state index in [-0.39, 0.29) is 11.9 Å². The van der Waals surface area contributed by atoms with Crippen molar-refractivity contribution in [2.24, 2.45) is 5.92 Å². The van der Waals surface area contributed by atoms with E-state index in [1.165, 1.54) is 0 Å². The Kier molecular flexibility index (Phi) is 4.29. The minimum absolute atomic E-state index is 0.0376. The van der Waals surface area contributed by atoms with Gasteiger partial charge in [-0.2, -0.15) is 0 Å². The van der Waals surface area contributed by atoms with Crippen LogP contribution in [-0.4, -0.2) is 38.3 Å². The number of rotatable bonds is 2. The third-order valence-corrected chi connectivity index (χ3v) is 4.11. The summed E-state index contributed by atoms with van der Waals surface area (Å²) >= 11 is 0. The third-order valence-electron chi connectivity index (χ3n) is 4.11. The molecular formula is C16H22N2O3. The Bertz CT molecular complexity index is 518. The SMILES string of the molecule is CC1CNCCC1NC(=O)c1ccc2c(c1)OCCCO2. The van der Waals surface area contributed by atoms with Crippen LogP contribution in [0.4, 0.5) is 0 Å². The molecule has 1 aromatic carbocycles. The van der Waals surface area contributed by atoms with Gasteiger partial charge in [-0.3, -0.25) is 4.79 Å². The van der Waals surface area contributed by atoms with Crippen molar-refractivity contribution in [3.05, 3.63) is 23.8 Å². The van der Waals surface area contributed by atoms with Crippen LogP contribution in [0.5, 0.6) is 11.5 Å². The highest BCUT2D eigenvalue weighted by molar-refractivity contribution is 5.95. The molecule has 5 heteroatoms. The molecule has 5 nitrogen and oxygen atoms in total. The van der Waals surface area contributed by atoms with Gasteiger partial charge in [0.1, 0.15) is 0 Å². The van der Waals surface area contributed by atoms with Crippen LogP contribution in [-0.2, 0) is 0 Å². The lowest BCUT2D eigenvalue weighted by Crippen LogP contribution is -2.48. The van der Waals surface area contributed by atoms with E-state index in [1.54, 1.807) is 12.1 Å². The van der Waals surface area contributed by atoms with Gasteiger partial charge in [-0.15, -0.1) is 0 Å². The van der Waals surface area contributed by atoms with E-state index in [9.17, 15) is 4.79 Å². The summed E-state index contributed by atoms with van der Waals surface area (Å²) in [6, 6.07) is 5.63. The second-order valence-electron chi connectivity index (χ2n) is 5.76. The van der Waals surface area contributed by atoms with Gasteiger partial charge in [0.25, 0.3) is 5.91 Å². The molecule has 114 valence electrons. The molecule has 2 N–H and O–H groups in total. The first-order valence-electron chi connectivity index (χ1n) is 7.65. The maximum atomic E-state index is 12.4. The number of nitrogens with one attached hydrogen (secondary N) is 2. The molecule has 21 heavy (non-hydrogen) atoms. The number of hydrogen-bond donors (Lipinski definition) is 2. The fourth-order valence-electron chi connectivity index (χ4n) is 2.78. The minimum Gasteiger partial charge on any atom is -0.490 e. The van der Waals surface area contributed by atoms with Crippen molar-refractivity contribution in [2.75, 3.05) is 26.3 Å². The van der Waals surface area contributed by atoms with Crippen LogP contribution in [0.1, 0.15) is 30.1 Å². The summed E-state index contributed by atoms with van der Waals surface area (Å²) in [4.78, 5) is 12.4. The van der Waals surface area contributed by atoms with Crippen LogP contribution in [0.25, 0.3) is 0 Å². The monoisotopic (exact) mass is 290 g/mol. The summed E-state index contributed by atoms with van der Waals surface area (Å²) in [5, 5.41) is 6.47. The Morgan fingerprint density at radius 2 is 2.10 bits per heavy atom. The molecule has 0 bridgehead atoms. The van der Waals surface area contributed by atoms with Crippen molar-refractivity contribution in [2.45, 2.75) is 25.8 Å². The molecule has 2 atom stereocenters. The quantitative estimate of drug-likeness (QED) is 0.868. The van der Waals surface area contributed by atoms with E-state index in [4.69, 9.17) is 9.47 Å². The molecule has 1 aromatic rings. The van der Waals surface area contributed by atoms with E-state index in [1.807, 2.05) is 6.07 Å². The zero-order valence-electron chi connectivity index (χ0n) is 12.4. The molecule has 0 aliphatic carbocycles. The molecule has 1 fully saturated rings. The van der Waals surface area contributed by atoms with Gasteiger partial charge in [-0.1, -0.05) is 6.92 Å². The van der Waals surface area contributed by atoms with Crippen molar-refractivity contribution in [3.8, 4) is 11.5 Å².